The van der Waals surface area contributed by atoms with Crippen molar-refractivity contribution in [1.29, 1.82) is 0 Å². The van der Waals surface area contributed by atoms with Gasteiger partial charge in [0.2, 0.25) is 10.0 Å². The smallest absolute Gasteiger partial charge is 0.207 e. The van der Waals surface area contributed by atoms with Gasteiger partial charge in [-0.15, -0.1) is 3.89 Å². The predicted octanol–water partition coefficient (Wildman–Crippen LogP) is 1.37. The lowest BCUT2D eigenvalue weighted by molar-refractivity contribution is 0.410. The highest BCUT2D eigenvalue weighted by atomic mass is 32.3. The summed E-state index contributed by atoms with van der Waals surface area (Å²) in [7, 11) is -7.36. The molecule has 18 heavy (non-hydrogen) atoms. The van der Waals surface area contributed by atoms with Crippen LogP contribution in [0.2, 0.25) is 0 Å². The number of hydrogen-bond acceptors (Lipinski definition) is 4. The van der Waals surface area contributed by atoms with Crippen molar-refractivity contribution in [3.8, 4) is 0 Å². The molecule has 1 rings (SSSR count). The monoisotopic (exact) mass is 295 g/mol. The average Bonchev–Trinajstić information content (AvgIpc) is 2.27. The highest BCUT2D eigenvalue weighted by Crippen LogP contribution is 2.21. The van der Waals surface area contributed by atoms with E-state index in [9.17, 15) is 20.7 Å². The van der Waals surface area contributed by atoms with Gasteiger partial charge >= 0.3 is 10.2 Å². The Morgan fingerprint density at radius 1 is 1.11 bits per heavy atom. The molecule has 0 spiro atoms. The number of rotatable bonds is 4. The topological polar surface area (TPSA) is 71.5 Å². The van der Waals surface area contributed by atoms with Gasteiger partial charge in [0.25, 0.3) is 0 Å². The van der Waals surface area contributed by atoms with Gasteiger partial charge in [-0.1, -0.05) is 6.07 Å². The number of halogens is 1. The molecule has 8 heteroatoms. The molecule has 102 valence electrons. The van der Waals surface area contributed by atoms with Gasteiger partial charge in [-0.3, -0.25) is 0 Å². The number of sulfonamides is 1. The van der Waals surface area contributed by atoms with E-state index in [0.717, 1.165) is 16.4 Å². The number of nitrogens with zero attached hydrogens (tertiary/aromatic N) is 1. The van der Waals surface area contributed by atoms with Gasteiger partial charge in [-0.05, 0) is 32.0 Å². The number of benzene rings is 1. The second-order valence-electron chi connectivity index (χ2n) is 4.03. The first kappa shape index (κ1) is 15.1. The zero-order valence-corrected chi connectivity index (χ0v) is 11.8. The van der Waals surface area contributed by atoms with Crippen LogP contribution in [0.3, 0.4) is 0 Å². The molecule has 0 saturated carbocycles. The molecule has 0 fully saturated rings. The molecular weight excluding hydrogens is 281 g/mol. The van der Waals surface area contributed by atoms with E-state index >= 15 is 0 Å². The summed E-state index contributed by atoms with van der Waals surface area (Å²) in [4.78, 5) is -0.918. The van der Waals surface area contributed by atoms with Crippen molar-refractivity contribution < 1.29 is 20.7 Å². The van der Waals surface area contributed by atoms with Crippen molar-refractivity contribution in [3.05, 3.63) is 24.3 Å². The summed E-state index contributed by atoms with van der Waals surface area (Å²) in [6, 6.07) is 3.93. The second-order valence-corrected chi connectivity index (χ2v) is 7.37. The van der Waals surface area contributed by atoms with Crippen molar-refractivity contribution in [2.75, 3.05) is 7.05 Å². The van der Waals surface area contributed by atoms with Crippen LogP contribution in [0.25, 0.3) is 0 Å². The number of hydrogen-bond donors (Lipinski definition) is 0. The fourth-order valence-corrected chi connectivity index (χ4v) is 3.23. The Morgan fingerprint density at radius 2 is 1.61 bits per heavy atom. The van der Waals surface area contributed by atoms with Crippen molar-refractivity contribution in [1.82, 2.24) is 4.31 Å². The summed E-state index contributed by atoms with van der Waals surface area (Å²) < 4.78 is 59.5. The third kappa shape index (κ3) is 3.06. The van der Waals surface area contributed by atoms with Crippen LogP contribution in [-0.2, 0) is 20.2 Å². The molecule has 0 saturated heterocycles. The maximum Gasteiger partial charge on any atom is 0.332 e. The Morgan fingerprint density at radius 3 is 2.06 bits per heavy atom. The SMILES string of the molecule is CC(C)N(C)S(=O)(=O)c1cccc(S(=O)(=O)F)c1. The summed E-state index contributed by atoms with van der Waals surface area (Å²) in [6.45, 7) is 3.35. The van der Waals surface area contributed by atoms with E-state index in [-0.39, 0.29) is 10.9 Å². The molecule has 0 atom stereocenters. The van der Waals surface area contributed by atoms with E-state index in [2.05, 4.69) is 0 Å². The van der Waals surface area contributed by atoms with Crippen LogP contribution < -0.4 is 0 Å². The first-order valence-electron chi connectivity index (χ1n) is 5.09. The van der Waals surface area contributed by atoms with E-state index in [1.807, 2.05) is 0 Å². The van der Waals surface area contributed by atoms with Gasteiger partial charge in [-0.2, -0.15) is 12.7 Å². The minimum atomic E-state index is -4.91. The van der Waals surface area contributed by atoms with Crippen LogP contribution in [0.15, 0.2) is 34.1 Å². The van der Waals surface area contributed by atoms with Crippen LogP contribution >= 0.6 is 0 Å². The minimum Gasteiger partial charge on any atom is -0.207 e. The molecular formula is C10H14FNO4S2. The van der Waals surface area contributed by atoms with Crippen LogP contribution in [0.5, 0.6) is 0 Å². The van der Waals surface area contributed by atoms with Crippen LogP contribution in [-0.4, -0.2) is 34.2 Å². The lowest BCUT2D eigenvalue weighted by Gasteiger charge is -2.21. The Labute approximate surface area is 106 Å². The van der Waals surface area contributed by atoms with Crippen LogP contribution in [0.4, 0.5) is 3.89 Å². The quantitative estimate of drug-likeness (QED) is 0.787. The molecule has 0 bridgehead atoms. The highest BCUT2D eigenvalue weighted by Gasteiger charge is 2.24. The fourth-order valence-electron chi connectivity index (χ4n) is 1.23. The lowest BCUT2D eigenvalue weighted by atomic mass is 10.4. The van der Waals surface area contributed by atoms with Gasteiger partial charge in [0, 0.05) is 13.1 Å². The molecule has 0 aliphatic heterocycles. The minimum absolute atomic E-state index is 0.252. The van der Waals surface area contributed by atoms with E-state index in [4.69, 9.17) is 0 Å². The largest absolute Gasteiger partial charge is 0.332 e. The van der Waals surface area contributed by atoms with Crippen LogP contribution in [0, 0.1) is 0 Å². The molecule has 1 aromatic rings. The average molecular weight is 295 g/mol. The van der Waals surface area contributed by atoms with Gasteiger partial charge in [0.15, 0.2) is 0 Å². The highest BCUT2D eigenvalue weighted by molar-refractivity contribution is 7.89. The lowest BCUT2D eigenvalue weighted by Crippen LogP contribution is -2.33. The van der Waals surface area contributed by atoms with E-state index < -0.39 is 25.1 Å². The van der Waals surface area contributed by atoms with Crippen molar-refractivity contribution >= 4 is 20.2 Å². The first-order valence-corrected chi connectivity index (χ1v) is 7.92. The van der Waals surface area contributed by atoms with Gasteiger partial charge < -0.3 is 0 Å². The Hall–Kier alpha value is -0.990. The van der Waals surface area contributed by atoms with Gasteiger partial charge in [0.05, 0.1) is 9.79 Å². The van der Waals surface area contributed by atoms with E-state index in [0.29, 0.717) is 0 Å². The summed E-state index contributed by atoms with van der Waals surface area (Å²) in [6.07, 6.45) is 0. The molecule has 0 N–H and O–H groups in total. The molecule has 0 unspecified atom stereocenters. The van der Waals surface area contributed by atoms with Crippen molar-refractivity contribution in [2.45, 2.75) is 29.7 Å². The maximum atomic E-state index is 12.8. The zero-order valence-electron chi connectivity index (χ0n) is 10.2. The summed E-state index contributed by atoms with van der Waals surface area (Å²) >= 11 is 0. The first-order chi connectivity index (χ1) is 8.06. The third-order valence-electron chi connectivity index (χ3n) is 2.49. The molecule has 0 aliphatic carbocycles. The normalized spacial score (nSPS) is 13.2. The molecule has 0 radical (unpaired) electrons. The standard InChI is InChI=1S/C10H14FNO4S2/c1-8(2)12(3)18(15,16)10-6-4-5-9(7-10)17(11,13)14/h4-8H,1-3H3. The second kappa shape index (κ2) is 4.94. The predicted molar refractivity (Wildman–Crippen MR) is 64.8 cm³/mol. The van der Waals surface area contributed by atoms with Gasteiger partial charge in [-0.25, -0.2) is 8.42 Å². The Bertz CT molecular complexity index is 638. The van der Waals surface area contributed by atoms with E-state index in [1.54, 1.807) is 13.8 Å². The summed E-state index contributed by atoms with van der Waals surface area (Å²) in [5.41, 5.74) is 0. The molecule has 0 aliphatic rings. The molecule has 0 heterocycles. The van der Waals surface area contributed by atoms with Crippen molar-refractivity contribution in [2.24, 2.45) is 0 Å². The summed E-state index contributed by atoms with van der Waals surface area (Å²) in [5, 5.41) is 0. The Balaban J connectivity index is 3.36. The third-order valence-corrected chi connectivity index (χ3v) is 5.34. The van der Waals surface area contributed by atoms with Gasteiger partial charge in [0.1, 0.15) is 0 Å². The molecule has 0 amide bonds. The maximum absolute atomic E-state index is 12.8. The summed E-state index contributed by atoms with van der Waals surface area (Å²) in [5.74, 6) is 0. The van der Waals surface area contributed by atoms with Crippen LogP contribution in [0.1, 0.15) is 13.8 Å². The molecule has 5 nitrogen and oxygen atoms in total. The molecule has 0 aromatic heterocycles. The molecule has 1 aromatic carbocycles. The van der Waals surface area contributed by atoms with E-state index in [1.165, 1.54) is 19.2 Å². The fraction of sp³-hybridized carbons (Fsp3) is 0.400. The zero-order chi connectivity index (χ0) is 14.1. The Kier molecular flexibility index (Phi) is 4.14. The van der Waals surface area contributed by atoms with Crippen molar-refractivity contribution in [3.63, 3.8) is 0 Å².